The highest BCUT2D eigenvalue weighted by molar-refractivity contribution is 5.94. The number of nitrogens with zero attached hydrogens (tertiary/aromatic N) is 1. The van der Waals surface area contributed by atoms with Crippen LogP contribution in [0.2, 0.25) is 0 Å². The van der Waals surface area contributed by atoms with Crippen molar-refractivity contribution < 1.29 is 4.79 Å². The lowest BCUT2D eigenvalue weighted by atomic mass is 9.86. The Morgan fingerprint density at radius 2 is 1.85 bits per heavy atom. The predicted octanol–water partition coefficient (Wildman–Crippen LogP) is 2.00. The fourth-order valence-electron chi connectivity index (χ4n) is 2.86. The second-order valence-electron chi connectivity index (χ2n) is 6.04. The standard InChI is InChI=1S/C16H25N3O/c1-19(2)14-7-5-13(6-8-14)15(20)18-12-16(11-17)9-3-4-10-16/h5-8H,3-4,9-12,17H2,1-2H3,(H,18,20). The highest BCUT2D eigenvalue weighted by atomic mass is 16.1. The lowest BCUT2D eigenvalue weighted by molar-refractivity contribution is 0.0932. The molecular weight excluding hydrogens is 250 g/mol. The van der Waals surface area contributed by atoms with Crippen LogP contribution in [0.25, 0.3) is 0 Å². The molecule has 110 valence electrons. The monoisotopic (exact) mass is 275 g/mol. The van der Waals surface area contributed by atoms with E-state index in [1.54, 1.807) is 0 Å². The topological polar surface area (TPSA) is 58.4 Å². The third kappa shape index (κ3) is 3.31. The number of rotatable bonds is 5. The minimum absolute atomic E-state index is 0.00460. The molecule has 1 saturated carbocycles. The first kappa shape index (κ1) is 14.9. The molecule has 0 bridgehead atoms. The molecule has 4 heteroatoms. The van der Waals surface area contributed by atoms with Crippen LogP contribution in [0.5, 0.6) is 0 Å². The van der Waals surface area contributed by atoms with Crippen molar-refractivity contribution in [2.45, 2.75) is 25.7 Å². The molecule has 4 nitrogen and oxygen atoms in total. The van der Waals surface area contributed by atoms with E-state index in [-0.39, 0.29) is 11.3 Å². The molecule has 0 saturated heterocycles. The van der Waals surface area contributed by atoms with Gasteiger partial charge in [-0.05, 0) is 49.1 Å². The lowest BCUT2D eigenvalue weighted by Gasteiger charge is -2.27. The molecule has 0 heterocycles. The molecule has 0 spiro atoms. The molecule has 1 aromatic rings. The first-order valence-corrected chi connectivity index (χ1v) is 7.32. The van der Waals surface area contributed by atoms with Gasteiger partial charge in [-0.2, -0.15) is 0 Å². The van der Waals surface area contributed by atoms with Gasteiger partial charge in [0.2, 0.25) is 0 Å². The number of nitrogens with two attached hydrogens (primary N) is 1. The van der Waals surface area contributed by atoms with Crippen LogP contribution in [-0.4, -0.2) is 33.1 Å². The van der Waals surface area contributed by atoms with Gasteiger partial charge in [0.1, 0.15) is 0 Å². The molecule has 20 heavy (non-hydrogen) atoms. The second-order valence-corrected chi connectivity index (χ2v) is 6.04. The largest absolute Gasteiger partial charge is 0.378 e. The van der Waals surface area contributed by atoms with Crippen LogP contribution < -0.4 is 16.0 Å². The van der Waals surface area contributed by atoms with E-state index in [1.807, 2.05) is 43.3 Å². The minimum Gasteiger partial charge on any atom is -0.378 e. The van der Waals surface area contributed by atoms with Gasteiger partial charge < -0.3 is 16.0 Å². The number of benzene rings is 1. The molecule has 0 atom stereocenters. The van der Waals surface area contributed by atoms with Crippen LogP contribution in [0.4, 0.5) is 5.69 Å². The Kier molecular flexibility index (Phi) is 4.65. The van der Waals surface area contributed by atoms with Crippen LogP contribution in [0.1, 0.15) is 36.0 Å². The summed E-state index contributed by atoms with van der Waals surface area (Å²) in [6.07, 6.45) is 4.71. The Balaban J connectivity index is 1.94. The van der Waals surface area contributed by atoms with E-state index in [0.717, 1.165) is 18.5 Å². The summed E-state index contributed by atoms with van der Waals surface area (Å²) >= 11 is 0. The van der Waals surface area contributed by atoms with E-state index in [0.29, 0.717) is 18.7 Å². The molecule has 0 radical (unpaired) electrons. The van der Waals surface area contributed by atoms with Gasteiger partial charge in [0, 0.05) is 31.9 Å². The molecule has 0 aromatic heterocycles. The van der Waals surface area contributed by atoms with Crippen LogP contribution in [-0.2, 0) is 0 Å². The number of carbonyl (C=O) groups excluding carboxylic acids is 1. The smallest absolute Gasteiger partial charge is 0.251 e. The zero-order valence-electron chi connectivity index (χ0n) is 12.5. The second kappa shape index (κ2) is 6.27. The summed E-state index contributed by atoms with van der Waals surface area (Å²) in [4.78, 5) is 14.2. The summed E-state index contributed by atoms with van der Waals surface area (Å²) < 4.78 is 0. The highest BCUT2D eigenvalue weighted by Crippen LogP contribution is 2.36. The fraction of sp³-hybridized carbons (Fsp3) is 0.562. The molecule has 0 unspecified atom stereocenters. The van der Waals surface area contributed by atoms with Gasteiger partial charge in [-0.1, -0.05) is 12.8 Å². The fourth-order valence-corrected chi connectivity index (χ4v) is 2.86. The van der Waals surface area contributed by atoms with Gasteiger partial charge in [-0.15, -0.1) is 0 Å². The summed E-state index contributed by atoms with van der Waals surface area (Å²) in [5.74, 6) is -0.00460. The quantitative estimate of drug-likeness (QED) is 0.864. The van der Waals surface area contributed by atoms with Crippen molar-refractivity contribution in [1.82, 2.24) is 5.32 Å². The van der Waals surface area contributed by atoms with E-state index in [9.17, 15) is 4.79 Å². The van der Waals surface area contributed by atoms with Gasteiger partial charge in [0.25, 0.3) is 5.91 Å². The molecule has 1 aliphatic rings. The Morgan fingerprint density at radius 1 is 1.25 bits per heavy atom. The maximum atomic E-state index is 12.2. The van der Waals surface area contributed by atoms with Crippen molar-refractivity contribution in [1.29, 1.82) is 0 Å². The van der Waals surface area contributed by atoms with Crippen LogP contribution in [0, 0.1) is 5.41 Å². The van der Waals surface area contributed by atoms with Crippen molar-refractivity contribution in [3.63, 3.8) is 0 Å². The van der Waals surface area contributed by atoms with Crippen molar-refractivity contribution in [2.75, 3.05) is 32.1 Å². The third-order valence-electron chi connectivity index (χ3n) is 4.37. The van der Waals surface area contributed by atoms with Crippen molar-refractivity contribution >= 4 is 11.6 Å². The van der Waals surface area contributed by atoms with Crippen molar-refractivity contribution in [2.24, 2.45) is 11.1 Å². The van der Waals surface area contributed by atoms with E-state index in [1.165, 1.54) is 12.8 Å². The van der Waals surface area contributed by atoms with E-state index in [4.69, 9.17) is 5.73 Å². The molecule has 0 aliphatic heterocycles. The third-order valence-corrected chi connectivity index (χ3v) is 4.37. The summed E-state index contributed by atoms with van der Waals surface area (Å²) in [6, 6.07) is 7.66. The summed E-state index contributed by atoms with van der Waals surface area (Å²) in [6.45, 7) is 1.35. The van der Waals surface area contributed by atoms with Crippen molar-refractivity contribution in [3.05, 3.63) is 29.8 Å². The first-order chi connectivity index (χ1) is 9.56. The maximum absolute atomic E-state index is 12.2. The molecule has 1 aromatic carbocycles. The average Bonchev–Trinajstić information content (AvgIpc) is 2.94. The van der Waals surface area contributed by atoms with E-state index in [2.05, 4.69) is 5.32 Å². The zero-order chi connectivity index (χ0) is 14.6. The summed E-state index contributed by atoms with van der Waals surface area (Å²) in [5, 5.41) is 3.05. The van der Waals surface area contributed by atoms with Crippen LogP contribution in [0.15, 0.2) is 24.3 Å². The molecule has 1 fully saturated rings. The SMILES string of the molecule is CN(C)c1ccc(C(=O)NCC2(CN)CCCC2)cc1. The average molecular weight is 275 g/mol. The van der Waals surface area contributed by atoms with E-state index >= 15 is 0 Å². The Hall–Kier alpha value is -1.55. The molecule has 3 N–H and O–H groups in total. The van der Waals surface area contributed by atoms with Gasteiger partial charge in [-0.3, -0.25) is 4.79 Å². The number of hydrogen-bond acceptors (Lipinski definition) is 3. The van der Waals surface area contributed by atoms with Crippen molar-refractivity contribution in [3.8, 4) is 0 Å². The van der Waals surface area contributed by atoms with Crippen LogP contribution in [0.3, 0.4) is 0 Å². The number of nitrogens with one attached hydrogen (secondary N) is 1. The van der Waals surface area contributed by atoms with Crippen LogP contribution >= 0.6 is 0 Å². The van der Waals surface area contributed by atoms with Gasteiger partial charge in [0.15, 0.2) is 0 Å². The minimum atomic E-state index is -0.00460. The maximum Gasteiger partial charge on any atom is 0.251 e. The summed E-state index contributed by atoms with van der Waals surface area (Å²) in [7, 11) is 3.97. The highest BCUT2D eigenvalue weighted by Gasteiger charge is 2.32. The van der Waals surface area contributed by atoms with Gasteiger partial charge >= 0.3 is 0 Å². The first-order valence-electron chi connectivity index (χ1n) is 7.32. The number of carbonyl (C=O) groups is 1. The normalized spacial score (nSPS) is 16.9. The van der Waals surface area contributed by atoms with Gasteiger partial charge in [-0.25, -0.2) is 0 Å². The van der Waals surface area contributed by atoms with E-state index < -0.39 is 0 Å². The lowest BCUT2D eigenvalue weighted by Crippen LogP contribution is -2.40. The Bertz CT molecular complexity index is 447. The number of amides is 1. The summed E-state index contributed by atoms with van der Waals surface area (Å²) in [5.41, 5.74) is 7.82. The predicted molar refractivity (Wildman–Crippen MR) is 83.1 cm³/mol. The number of anilines is 1. The molecular formula is C16H25N3O. The Morgan fingerprint density at radius 3 is 2.35 bits per heavy atom. The molecule has 1 amide bonds. The molecule has 2 rings (SSSR count). The van der Waals surface area contributed by atoms with Gasteiger partial charge in [0.05, 0.1) is 0 Å². The number of hydrogen-bond donors (Lipinski definition) is 2. The zero-order valence-corrected chi connectivity index (χ0v) is 12.5. The molecule has 1 aliphatic carbocycles. The Labute approximate surface area is 121 Å².